The number of hydrogen-bond donors (Lipinski definition) is 1. The van der Waals surface area contributed by atoms with Crippen molar-refractivity contribution in [2.45, 2.75) is 90.8 Å². The zero-order valence-electron chi connectivity index (χ0n) is 13.3. The van der Waals surface area contributed by atoms with Gasteiger partial charge in [-0.05, 0) is 66.5 Å². The van der Waals surface area contributed by atoms with Gasteiger partial charge in [0.25, 0.3) is 0 Å². The van der Waals surface area contributed by atoms with Gasteiger partial charge in [0.2, 0.25) is 0 Å². The minimum absolute atomic E-state index is 0.263. The van der Waals surface area contributed by atoms with E-state index in [-0.39, 0.29) is 5.54 Å². The summed E-state index contributed by atoms with van der Waals surface area (Å²) in [7, 11) is 0. The predicted octanol–water partition coefficient (Wildman–Crippen LogP) is 3.81. The van der Waals surface area contributed by atoms with Crippen LogP contribution in [0.25, 0.3) is 0 Å². The molecule has 0 aromatic heterocycles. The molecule has 1 aliphatic rings. The monoisotopic (exact) mass is 254 g/mol. The first kappa shape index (κ1) is 16.0. The maximum Gasteiger partial charge on any atom is 0.00979 e. The third-order valence-corrected chi connectivity index (χ3v) is 4.18. The van der Waals surface area contributed by atoms with Gasteiger partial charge in [0, 0.05) is 17.6 Å². The van der Waals surface area contributed by atoms with E-state index in [0.717, 1.165) is 18.6 Å². The summed E-state index contributed by atoms with van der Waals surface area (Å²) in [6, 6.07) is 1.63. The summed E-state index contributed by atoms with van der Waals surface area (Å²) in [6.07, 6.45) is 8.37. The van der Waals surface area contributed by atoms with Crippen molar-refractivity contribution in [2.75, 3.05) is 13.1 Å². The minimum atomic E-state index is 0.263. The van der Waals surface area contributed by atoms with Gasteiger partial charge in [0.15, 0.2) is 0 Å². The number of nitrogens with zero attached hydrogens (tertiary/aromatic N) is 1. The minimum Gasteiger partial charge on any atom is -0.312 e. The number of rotatable bonds is 7. The molecule has 0 bridgehead atoms. The Morgan fingerprint density at radius 1 is 1.22 bits per heavy atom. The summed E-state index contributed by atoms with van der Waals surface area (Å²) in [4.78, 5) is 2.74. The van der Waals surface area contributed by atoms with Crippen molar-refractivity contribution in [1.29, 1.82) is 0 Å². The van der Waals surface area contributed by atoms with E-state index in [4.69, 9.17) is 0 Å². The standard InChI is InChI=1S/C16H34N2/c1-6-18(15-11-7-8-12-15)14(2)10-9-13-17-16(3,4)5/h14-15,17H,6-13H2,1-5H3. The van der Waals surface area contributed by atoms with Crippen LogP contribution in [0.1, 0.15) is 73.1 Å². The molecule has 0 aromatic rings. The van der Waals surface area contributed by atoms with E-state index in [9.17, 15) is 0 Å². The third kappa shape index (κ3) is 5.71. The summed E-state index contributed by atoms with van der Waals surface area (Å²) in [6.45, 7) is 13.8. The van der Waals surface area contributed by atoms with Crippen LogP contribution in [0, 0.1) is 0 Å². The molecule has 0 radical (unpaired) electrons. The normalized spacial score (nSPS) is 19.7. The molecule has 0 spiro atoms. The quantitative estimate of drug-likeness (QED) is 0.695. The lowest BCUT2D eigenvalue weighted by atomic mass is 10.1. The maximum absolute atomic E-state index is 3.59. The highest BCUT2D eigenvalue weighted by molar-refractivity contribution is 4.80. The average Bonchev–Trinajstić information content (AvgIpc) is 2.78. The van der Waals surface area contributed by atoms with Crippen LogP contribution in [0.15, 0.2) is 0 Å². The van der Waals surface area contributed by atoms with Gasteiger partial charge in [0.1, 0.15) is 0 Å². The second kappa shape index (κ2) is 7.49. The SMILES string of the molecule is CCN(C(C)CCCNC(C)(C)C)C1CCCC1. The van der Waals surface area contributed by atoms with Crippen LogP contribution in [-0.2, 0) is 0 Å². The summed E-state index contributed by atoms with van der Waals surface area (Å²) < 4.78 is 0. The van der Waals surface area contributed by atoms with Crippen LogP contribution in [0.5, 0.6) is 0 Å². The van der Waals surface area contributed by atoms with Crippen LogP contribution in [0.4, 0.5) is 0 Å². The van der Waals surface area contributed by atoms with Gasteiger partial charge >= 0.3 is 0 Å². The summed E-state index contributed by atoms with van der Waals surface area (Å²) in [5.74, 6) is 0. The molecule has 1 saturated carbocycles. The van der Waals surface area contributed by atoms with Crippen molar-refractivity contribution >= 4 is 0 Å². The van der Waals surface area contributed by atoms with E-state index in [0.29, 0.717) is 0 Å². The van der Waals surface area contributed by atoms with E-state index in [1.165, 1.54) is 45.1 Å². The number of hydrogen-bond acceptors (Lipinski definition) is 2. The van der Waals surface area contributed by atoms with Crippen LogP contribution >= 0.6 is 0 Å². The Labute approximate surface area is 115 Å². The maximum atomic E-state index is 3.59. The van der Waals surface area contributed by atoms with Crippen molar-refractivity contribution in [1.82, 2.24) is 10.2 Å². The Hall–Kier alpha value is -0.0800. The van der Waals surface area contributed by atoms with Crippen molar-refractivity contribution in [3.63, 3.8) is 0 Å². The Balaban J connectivity index is 2.23. The molecular weight excluding hydrogens is 220 g/mol. The number of nitrogens with one attached hydrogen (secondary N) is 1. The van der Waals surface area contributed by atoms with Crippen LogP contribution in [-0.4, -0.2) is 35.6 Å². The van der Waals surface area contributed by atoms with Crippen LogP contribution in [0.2, 0.25) is 0 Å². The topological polar surface area (TPSA) is 15.3 Å². The molecule has 0 saturated heterocycles. The summed E-state index contributed by atoms with van der Waals surface area (Å²) >= 11 is 0. The lowest BCUT2D eigenvalue weighted by molar-refractivity contribution is 0.144. The zero-order valence-corrected chi connectivity index (χ0v) is 13.3. The zero-order chi connectivity index (χ0) is 13.6. The molecule has 0 aromatic carbocycles. The van der Waals surface area contributed by atoms with E-state index >= 15 is 0 Å². The Morgan fingerprint density at radius 3 is 2.33 bits per heavy atom. The van der Waals surface area contributed by atoms with Gasteiger partial charge in [-0.15, -0.1) is 0 Å². The molecule has 0 heterocycles. The molecule has 0 amide bonds. The summed E-state index contributed by atoms with van der Waals surface area (Å²) in [5.41, 5.74) is 0.263. The molecule has 2 heteroatoms. The van der Waals surface area contributed by atoms with E-state index in [1.54, 1.807) is 0 Å². The van der Waals surface area contributed by atoms with Gasteiger partial charge in [-0.25, -0.2) is 0 Å². The van der Waals surface area contributed by atoms with Crippen LogP contribution < -0.4 is 5.32 Å². The molecule has 1 atom stereocenters. The molecule has 18 heavy (non-hydrogen) atoms. The van der Waals surface area contributed by atoms with Crippen LogP contribution in [0.3, 0.4) is 0 Å². The smallest absolute Gasteiger partial charge is 0.00979 e. The van der Waals surface area contributed by atoms with Gasteiger partial charge in [-0.3, -0.25) is 4.90 Å². The van der Waals surface area contributed by atoms with Crippen molar-refractivity contribution in [3.05, 3.63) is 0 Å². The molecular formula is C16H34N2. The third-order valence-electron chi connectivity index (χ3n) is 4.18. The lowest BCUT2D eigenvalue weighted by Crippen LogP contribution is -2.41. The lowest BCUT2D eigenvalue weighted by Gasteiger charge is -2.34. The van der Waals surface area contributed by atoms with E-state index in [1.807, 2.05) is 0 Å². The van der Waals surface area contributed by atoms with E-state index in [2.05, 4.69) is 44.8 Å². The predicted molar refractivity (Wildman–Crippen MR) is 81.1 cm³/mol. The second-order valence-corrected chi connectivity index (χ2v) is 6.94. The fraction of sp³-hybridized carbons (Fsp3) is 1.00. The van der Waals surface area contributed by atoms with Gasteiger partial charge in [0.05, 0.1) is 0 Å². The first-order chi connectivity index (χ1) is 8.44. The first-order valence-electron chi connectivity index (χ1n) is 7.95. The second-order valence-electron chi connectivity index (χ2n) is 6.94. The Kier molecular flexibility index (Phi) is 6.65. The first-order valence-corrected chi connectivity index (χ1v) is 7.95. The Bertz CT molecular complexity index is 214. The molecule has 2 nitrogen and oxygen atoms in total. The van der Waals surface area contributed by atoms with Crippen molar-refractivity contribution in [2.24, 2.45) is 0 Å². The highest BCUT2D eigenvalue weighted by atomic mass is 15.2. The van der Waals surface area contributed by atoms with Gasteiger partial charge < -0.3 is 5.32 Å². The average molecular weight is 254 g/mol. The van der Waals surface area contributed by atoms with Gasteiger partial charge in [-0.2, -0.15) is 0 Å². The molecule has 1 N–H and O–H groups in total. The molecule has 1 fully saturated rings. The fourth-order valence-corrected chi connectivity index (χ4v) is 3.19. The van der Waals surface area contributed by atoms with Crippen molar-refractivity contribution < 1.29 is 0 Å². The molecule has 1 rings (SSSR count). The largest absolute Gasteiger partial charge is 0.312 e. The Morgan fingerprint density at radius 2 is 1.83 bits per heavy atom. The molecule has 1 unspecified atom stereocenters. The van der Waals surface area contributed by atoms with Gasteiger partial charge in [-0.1, -0.05) is 19.8 Å². The molecule has 108 valence electrons. The van der Waals surface area contributed by atoms with Crippen molar-refractivity contribution in [3.8, 4) is 0 Å². The fourth-order valence-electron chi connectivity index (χ4n) is 3.19. The molecule has 0 aliphatic heterocycles. The highest BCUT2D eigenvalue weighted by Crippen LogP contribution is 2.25. The van der Waals surface area contributed by atoms with E-state index < -0.39 is 0 Å². The highest BCUT2D eigenvalue weighted by Gasteiger charge is 2.24. The summed E-state index contributed by atoms with van der Waals surface area (Å²) in [5, 5.41) is 3.59. The molecule has 1 aliphatic carbocycles.